The van der Waals surface area contributed by atoms with Gasteiger partial charge in [0, 0.05) is 50.5 Å². The third kappa shape index (κ3) is 3.89. The maximum Gasteiger partial charge on any atom is 0.269 e. The number of piperazine rings is 1. The molecule has 2 aliphatic heterocycles. The third-order valence-corrected chi connectivity index (χ3v) is 5.54. The van der Waals surface area contributed by atoms with Gasteiger partial charge in [-0.1, -0.05) is 12.1 Å². The summed E-state index contributed by atoms with van der Waals surface area (Å²) in [5.41, 5.74) is 1.75. The number of nitro groups is 1. The SMILES string of the molecule is O=C1c2ccccc2C(=O)N1CC(O)CN1CCN(c2ccc([N+](=O)[O-])cc2)CC1. The van der Waals surface area contributed by atoms with Crippen molar-refractivity contribution < 1.29 is 19.6 Å². The lowest BCUT2D eigenvalue weighted by molar-refractivity contribution is -0.384. The molecule has 1 atom stereocenters. The number of β-amino-alcohol motifs (C(OH)–C–C–N with tert-alkyl or cyclic N) is 1. The highest BCUT2D eigenvalue weighted by Gasteiger charge is 2.36. The van der Waals surface area contributed by atoms with E-state index in [9.17, 15) is 24.8 Å². The number of rotatable bonds is 6. The molecule has 9 nitrogen and oxygen atoms in total. The second-order valence-electron chi connectivity index (χ2n) is 7.48. The maximum atomic E-state index is 12.4. The number of non-ortho nitro benzene ring substituents is 1. The Kier molecular flexibility index (Phi) is 5.47. The minimum Gasteiger partial charge on any atom is -0.390 e. The van der Waals surface area contributed by atoms with Gasteiger partial charge in [0.05, 0.1) is 28.7 Å². The van der Waals surface area contributed by atoms with Crippen LogP contribution in [0.15, 0.2) is 48.5 Å². The van der Waals surface area contributed by atoms with Gasteiger partial charge in [-0.3, -0.25) is 29.5 Å². The molecule has 4 rings (SSSR count). The average molecular weight is 410 g/mol. The zero-order valence-corrected chi connectivity index (χ0v) is 16.3. The number of carbonyl (C=O) groups is 2. The molecule has 0 spiro atoms. The van der Waals surface area contributed by atoms with Gasteiger partial charge in [0.2, 0.25) is 0 Å². The molecule has 0 saturated carbocycles. The summed E-state index contributed by atoms with van der Waals surface area (Å²) < 4.78 is 0. The molecule has 2 amide bonds. The van der Waals surface area contributed by atoms with Crippen molar-refractivity contribution in [1.29, 1.82) is 0 Å². The predicted molar refractivity (Wildman–Crippen MR) is 110 cm³/mol. The van der Waals surface area contributed by atoms with E-state index in [2.05, 4.69) is 9.80 Å². The van der Waals surface area contributed by atoms with Gasteiger partial charge in [-0.25, -0.2) is 0 Å². The summed E-state index contributed by atoms with van der Waals surface area (Å²) in [5.74, 6) is -0.727. The van der Waals surface area contributed by atoms with E-state index in [1.54, 1.807) is 36.4 Å². The van der Waals surface area contributed by atoms with Crippen molar-refractivity contribution in [3.8, 4) is 0 Å². The fraction of sp³-hybridized carbons (Fsp3) is 0.333. The fourth-order valence-corrected chi connectivity index (χ4v) is 3.95. The summed E-state index contributed by atoms with van der Waals surface area (Å²) in [4.78, 5) is 40.6. The number of benzene rings is 2. The molecule has 1 fully saturated rings. The number of nitrogens with zero attached hydrogens (tertiary/aromatic N) is 4. The van der Waals surface area contributed by atoms with Crippen molar-refractivity contribution in [1.82, 2.24) is 9.80 Å². The van der Waals surface area contributed by atoms with E-state index in [0.717, 1.165) is 23.7 Å². The Morgan fingerprint density at radius 3 is 2.00 bits per heavy atom. The molecule has 1 saturated heterocycles. The molecule has 0 radical (unpaired) electrons. The molecule has 1 unspecified atom stereocenters. The molecule has 1 N–H and O–H groups in total. The van der Waals surface area contributed by atoms with Crippen molar-refractivity contribution >= 4 is 23.2 Å². The molecule has 2 aromatic carbocycles. The van der Waals surface area contributed by atoms with Crippen molar-refractivity contribution in [3.63, 3.8) is 0 Å². The van der Waals surface area contributed by atoms with E-state index >= 15 is 0 Å². The van der Waals surface area contributed by atoms with Crippen LogP contribution in [0.1, 0.15) is 20.7 Å². The number of amides is 2. The standard InChI is InChI=1S/C21H22N4O5/c26-17(14-24-20(27)18-3-1-2-4-19(18)21(24)28)13-22-9-11-23(12-10-22)15-5-7-16(8-6-15)25(29)30/h1-8,17,26H,9-14H2. The monoisotopic (exact) mass is 410 g/mol. The van der Waals surface area contributed by atoms with Crippen LogP contribution in [0.2, 0.25) is 0 Å². The normalized spacial score (nSPS) is 17.9. The van der Waals surface area contributed by atoms with Crippen molar-refractivity contribution in [2.75, 3.05) is 44.2 Å². The minimum absolute atomic E-state index is 0.0328. The third-order valence-electron chi connectivity index (χ3n) is 5.54. The second-order valence-corrected chi connectivity index (χ2v) is 7.48. The summed E-state index contributed by atoms with van der Waals surface area (Å²) >= 11 is 0. The molecule has 0 aliphatic carbocycles. The van der Waals surface area contributed by atoms with Gasteiger partial charge in [0.25, 0.3) is 17.5 Å². The highest BCUT2D eigenvalue weighted by Crippen LogP contribution is 2.23. The Hall–Kier alpha value is -3.30. The van der Waals surface area contributed by atoms with Crippen molar-refractivity contribution in [2.45, 2.75) is 6.10 Å². The largest absolute Gasteiger partial charge is 0.390 e. The lowest BCUT2D eigenvalue weighted by Gasteiger charge is -2.37. The predicted octanol–water partition coefficient (Wildman–Crippen LogP) is 1.37. The first-order chi connectivity index (χ1) is 14.4. The van der Waals surface area contributed by atoms with E-state index in [4.69, 9.17) is 0 Å². The van der Waals surface area contributed by atoms with Gasteiger partial charge in [-0.05, 0) is 24.3 Å². The van der Waals surface area contributed by atoms with Crippen LogP contribution in [0.5, 0.6) is 0 Å². The molecule has 30 heavy (non-hydrogen) atoms. The van der Waals surface area contributed by atoms with E-state index in [1.807, 2.05) is 0 Å². The number of fused-ring (bicyclic) bond motifs is 1. The van der Waals surface area contributed by atoms with Gasteiger partial charge >= 0.3 is 0 Å². The van der Waals surface area contributed by atoms with Crippen LogP contribution in [0.3, 0.4) is 0 Å². The molecule has 2 heterocycles. The van der Waals surface area contributed by atoms with Gasteiger partial charge in [0.1, 0.15) is 0 Å². The van der Waals surface area contributed by atoms with Gasteiger partial charge < -0.3 is 10.0 Å². The lowest BCUT2D eigenvalue weighted by atomic mass is 10.1. The molecule has 0 aromatic heterocycles. The van der Waals surface area contributed by atoms with Crippen LogP contribution >= 0.6 is 0 Å². The van der Waals surface area contributed by atoms with Crippen LogP contribution in [-0.4, -0.2) is 77.0 Å². The number of aliphatic hydroxyl groups excluding tert-OH is 1. The Morgan fingerprint density at radius 2 is 1.47 bits per heavy atom. The minimum atomic E-state index is -0.835. The smallest absolute Gasteiger partial charge is 0.269 e. The first kappa shape index (κ1) is 20.0. The first-order valence-corrected chi connectivity index (χ1v) is 9.79. The summed E-state index contributed by atoms with van der Waals surface area (Å²) in [7, 11) is 0. The highest BCUT2D eigenvalue weighted by atomic mass is 16.6. The van der Waals surface area contributed by atoms with Crippen molar-refractivity contribution in [2.24, 2.45) is 0 Å². The highest BCUT2D eigenvalue weighted by molar-refractivity contribution is 6.21. The molecule has 0 bridgehead atoms. The summed E-state index contributed by atoms with van der Waals surface area (Å²) in [6.45, 7) is 3.18. The Morgan fingerprint density at radius 1 is 0.900 bits per heavy atom. The van der Waals surface area contributed by atoms with E-state index in [-0.39, 0.29) is 24.0 Å². The Balaban J connectivity index is 1.29. The lowest BCUT2D eigenvalue weighted by Crippen LogP contribution is -2.50. The fourth-order valence-electron chi connectivity index (χ4n) is 3.95. The quantitative estimate of drug-likeness (QED) is 0.435. The van der Waals surface area contributed by atoms with Crippen LogP contribution < -0.4 is 4.90 Å². The number of nitro benzene ring substituents is 1. The van der Waals surface area contributed by atoms with Gasteiger partial charge in [-0.15, -0.1) is 0 Å². The van der Waals surface area contributed by atoms with E-state index < -0.39 is 11.0 Å². The Bertz CT molecular complexity index is 935. The second kappa shape index (κ2) is 8.21. The zero-order valence-electron chi connectivity index (χ0n) is 16.3. The van der Waals surface area contributed by atoms with Crippen LogP contribution in [0.25, 0.3) is 0 Å². The number of anilines is 1. The molecular weight excluding hydrogens is 388 g/mol. The molecule has 156 valence electrons. The number of carbonyl (C=O) groups excluding carboxylic acids is 2. The topological polar surface area (TPSA) is 107 Å². The van der Waals surface area contributed by atoms with Crippen LogP contribution in [0, 0.1) is 10.1 Å². The number of hydrogen-bond donors (Lipinski definition) is 1. The van der Waals surface area contributed by atoms with Gasteiger partial charge in [0.15, 0.2) is 0 Å². The molecule has 2 aliphatic rings. The summed E-state index contributed by atoms with van der Waals surface area (Å²) in [6, 6.07) is 13.2. The zero-order chi connectivity index (χ0) is 21.3. The number of imide groups is 1. The van der Waals surface area contributed by atoms with Crippen LogP contribution in [0.4, 0.5) is 11.4 Å². The molecule has 2 aromatic rings. The first-order valence-electron chi connectivity index (χ1n) is 9.79. The number of aliphatic hydroxyl groups is 1. The van der Waals surface area contributed by atoms with Crippen molar-refractivity contribution in [3.05, 3.63) is 69.8 Å². The number of hydrogen-bond acceptors (Lipinski definition) is 7. The molecule has 9 heteroatoms. The van der Waals surface area contributed by atoms with Gasteiger partial charge in [-0.2, -0.15) is 0 Å². The summed E-state index contributed by atoms with van der Waals surface area (Å²) in [6.07, 6.45) is -0.835. The van der Waals surface area contributed by atoms with E-state index in [1.165, 1.54) is 12.1 Å². The maximum absolute atomic E-state index is 12.4. The molecular formula is C21H22N4O5. The van der Waals surface area contributed by atoms with Crippen LogP contribution in [-0.2, 0) is 0 Å². The Labute approximate surface area is 173 Å². The summed E-state index contributed by atoms with van der Waals surface area (Å²) in [5, 5.41) is 21.3. The van der Waals surface area contributed by atoms with E-state index in [0.29, 0.717) is 30.8 Å². The average Bonchev–Trinajstić information content (AvgIpc) is 2.99.